The Balaban J connectivity index is 1.61. The maximum absolute atomic E-state index is 12.9. The molecule has 2 aromatic carbocycles. The zero-order chi connectivity index (χ0) is 23.4. The highest BCUT2D eigenvalue weighted by molar-refractivity contribution is 7.92. The molecule has 2 amide bonds. The van der Waals surface area contributed by atoms with Gasteiger partial charge in [-0.25, -0.2) is 8.42 Å². The molecule has 1 heterocycles. The van der Waals surface area contributed by atoms with Gasteiger partial charge in [-0.3, -0.25) is 9.59 Å². The SMILES string of the molecule is CC(C)(C)C(=O)Nc1cccc(C(=O)N2CCN(S(=O)(=O)/C=C/c3ccccc3)CC2)c1. The van der Waals surface area contributed by atoms with E-state index in [0.29, 0.717) is 24.3 Å². The molecule has 1 N–H and O–H groups in total. The number of nitrogens with one attached hydrogen (secondary N) is 1. The van der Waals surface area contributed by atoms with E-state index in [-0.39, 0.29) is 24.9 Å². The Hall–Kier alpha value is -2.97. The number of nitrogens with zero attached hydrogens (tertiary/aromatic N) is 2. The van der Waals surface area contributed by atoms with Crippen molar-refractivity contribution < 1.29 is 18.0 Å². The fourth-order valence-electron chi connectivity index (χ4n) is 3.19. The molecular weight excluding hydrogens is 426 g/mol. The number of carbonyl (C=O) groups excluding carboxylic acids is 2. The Morgan fingerprint density at radius 3 is 2.22 bits per heavy atom. The molecule has 0 aliphatic carbocycles. The van der Waals surface area contributed by atoms with Crippen LogP contribution in [0.15, 0.2) is 60.0 Å². The lowest BCUT2D eigenvalue weighted by Gasteiger charge is -2.33. The summed E-state index contributed by atoms with van der Waals surface area (Å²) < 4.78 is 26.6. The summed E-state index contributed by atoms with van der Waals surface area (Å²) >= 11 is 0. The average Bonchev–Trinajstić information content (AvgIpc) is 2.77. The van der Waals surface area contributed by atoms with Crippen LogP contribution in [-0.4, -0.2) is 55.6 Å². The molecule has 1 aliphatic rings. The van der Waals surface area contributed by atoms with Gasteiger partial charge in [0, 0.05) is 48.3 Å². The van der Waals surface area contributed by atoms with Crippen LogP contribution < -0.4 is 5.32 Å². The fraction of sp³-hybridized carbons (Fsp3) is 0.333. The average molecular weight is 456 g/mol. The van der Waals surface area contributed by atoms with Crippen LogP contribution in [0.1, 0.15) is 36.7 Å². The molecule has 0 radical (unpaired) electrons. The minimum absolute atomic E-state index is 0.135. The summed E-state index contributed by atoms with van der Waals surface area (Å²) in [6, 6.07) is 16.0. The van der Waals surface area contributed by atoms with E-state index < -0.39 is 15.4 Å². The highest BCUT2D eigenvalue weighted by Gasteiger charge is 2.28. The Labute approximate surface area is 189 Å². The van der Waals surface area contributed by atoms with Crippen LogP contribution in [0.2, 0.25) is 0 Å². The second kappa shape index (κ2) is 9.67. The minimum Gasteiger partial charge on any atom is -0.336 e. The van der Waals surface area contributed by atoms with Crippen molar-refractivity contribution in [2.45, 2.75) is 20.8 Å². The lowest BCUT2D eigenvalue weighted by molar-refractivity contribution is -0.123. The summed E-state index contributed by atoms with van der Waals surface area (Å²) in [6.45, 7) is 6.52. The van der Waals surface area contributed by atoms with Crippen molar-refractivity contribution in [3.05, 3.63) is 71.1 Å². The molecule has 1 aliphatic heterocycles. The smallest absolute Gasteiger partial charge is 0.254 e. The first-order chi connectivity index (χ1) is 15.1. The van der Waals surface area contributed by atoms with E-state index >= 15 is 0 Å². The first kappa shape index (κ1) is 23.7. The van der Waals surface area contributed by atoms with Gasteiger partial charge in [-0.15, -0.1) is 0 Å². The number of hydrogen-bond acceptors (Lipinski definition) is 4. The Bertz CT molecular complexity index is 1100. The van der Waals surface area contributed by atoms with E-state index in [2.05, 4.69) is 5.32 Å². The van der Waals surface area contributed by atoms with E-state index in [1.54, 1.807) is 35.2 Å². The lowest BCUT2D eigenvalue weighted by atomic mass is 9.95. The van der Waals surface area contributed by atoms with Crippen LogP contribution in [0.4, 0.5) is 5.69 Å². The van der Waals surface area contributed by atoms with Gasteiger partial charge in [-0.1, -0.05) is 57.2 Å². The Morgan fingerprint density at radius 2 is 1.59 bits per heavy atom. The van der Waals surface area contributed by atoms with Crippen molar-refractivity contribution in [2.24, 2.45) is 5.41 Å². The first-order valence-corrected chi connectivity index (χ1v) is 12.0. The molecule has 3 rings (SSSR count). The predicted molar refractivity (Wildman–Crippen MR) is 126 cm³/mol. The predicted octanol–water partition coefficient (Wildman–Crippen LogP) is 3.43. The van der Waals surface area contributed by atoms with E-state index in [1.165, 1.54) is 9.71 Å². The number of carbonyl (C=O) groups is 2. The molecule has 7 nitrogen and oxygen atoms in total. The molecule has 0 spiro atoms. The van der Waals surface area contributed by atoms with Crippen LogP contribution >= 0.6 is 0 Å². The van der Waals surface area contributed by atoms with Gasteiger partial charge in [0.15, 0.2) is 0 Å². The molecule has 170 valence electrons. The summed E-state index contributed by atoms with van der Waals surface area (Å²) in [5.74, 6) is -0.321. The summed E-state index contributed by atoms with van der Waals surface area (Å²) in [6.07, 6.45) is 1.57. The molecule has 32 heavy (non-hydrogen) atoms. The molecule has 0 bridgehead atoms. The number of hydrogen-bond donors (Lipinski definition) is 1. The standard InChI is InChI=1S/C24H29N3O4S/c1-24(2,3)23(29)25-21-11-7-10-20(18-21)22(28)26-13-15-27(16-14-26)32(30,31)17-12-19-8-5-4-6-9-19/h4-12,17-18H,13-16H2,1-3H3,(H,25,29)/b17-12+. The molecular formula is C24H29N3O4S. The molecule has 1 fully saturated rings. The summed E-state index contributed by atoms with van der Waals surface area (Å²) in [4.78, 5) is 26.8. The van der Waals surface area contributed by atoms with Crippen molar-refractivity contribution in [1.82, 2.24) is 9.21 Å². The highest BCUT2D eigenvalue weighted by Crippen LogP contribution is 2.20. The highest BCUT2D eigenvalue weighted by atomic mass is 32.2. The molecule has 2 aromatic rings. The number of sulfonamides is 1. The number of amides is 2. The monoisotopic (exact) mass is 455 g/mol. The van der Waals surface area contributed by atoms with Gasteiger partial charge >= 0.3 is 0 Å². The van der Waals surface area contributed by atoms with Gasteiger partial charge in [0.25, 0.3) is 5.91 Å². The minimum atomic E-state index is -3.56. The van der Waals surface area contributed by atoms with Gasteiger partial charge in [0.1, 0.15) is 0 Å². The topological polar surface area (TPSA) is 86.8 Å². The van der Waals surface area contributed by atoms with Crippen LogP contribution in [0.3, 0.4) is 0 Å². The number of anilines is 1. The van der Waals surface area contributed by atoms with Crippen LogP contribution in [-0.2, 0) is 14.8 Å². The lowest BCUT2D eigenvalue weighted by Crippen LogP contribution is -2.50. The summed E-state index contributed by atoms with van der Waals surface area (Å²) in [7, 11) is -3.56. The normalized spacial score (nSPS) is 15.7. The molecule has 0 saturated carbocycles. The van der Waals surface area contributed by atoms with Gasteiger partial charge < -0.3 is 10.2 Å². The van der Waals surface area contributed by atoms with Gasteiger partial charge in [-0.05, 0) is 29.8 Å². The first-order valence-electron chi connectivity index (χ1n) is 10.5. The largest absolute Gasteiger partial charge is 0.336 e. The second-order valence-corrected chi connectivity index (χ2v) is 10.6. The van der Waals surface area contributed by atoms with E-state index in [0.717, 1.165) is 5.56 Å². The third-order valence-electron chi connectivity index (χ3n) is 5.17. The van der Waals surface area contributed by atoms with Crippen molar-refractivity contribution >= 4 is 33.6 Å². The Morgan fingerprint density at radius 1 is 0.938 bits per heavy atom. The molecule has 0 aromatic heterocycles. The van der Waals surface area contributed by atoms with Crippen molar-refractivity contribution in [3.63, 3.8) is 0 Å². The second-order valence-electron chi connectivity index (χ2n) is 8.73. The van der Waals surface area contributed by atoms with E-state index in [1.807, 2.05) is 51.1 Å². The molecule has 0 atom stereocenters. The number of rotatable bonds is 5. The number of benzene rings is 2. The van der Waals surface area contributed by atoms with Gasteiger partial charge in [0.2, 0.25) is 15.9 Å². The van der Waals surface area contributed by atoms with Crippen LogP contribution in [0.5, 0.6) is 0 Å². The summed E-state index contributed by atoms with van der Waals surface area (Å²) in [5, 5.41) is 4.04. The Kier molecular flexibility index (Phi) is 7.16. The van der Waals surface area contributed by atoms with Crippen molar-refractivity contribution in [1.29, 1.82) is 0 Å². The quantitative estimate of drug-likeness (QED) is 0.748. The zero-order valence-electron chi connectivity index (χ0n) is 18.6. The maximum Gasteiger partial charge on any atom is 0.254 e. The van der Waals surface area contributed by atoms with Crippen molar-refractivity contribution in [3.8, 4) is 0 Å². The van der Waals surface area contributed by atoms with Crippen molar-refractivity contribution in [2.75, 3.05) is 31.5 Å². The van der Waals surface area contributed by atoms with Crippen LogP contribution in [0.25, 0.3) is 6.08 Å². The van der Waals surface area contributed by atoms with Gasteiger partial charge in [-0.2, -0.15) is 4.31 Å². The fourth-order valence-corrected chi connectivity index (χ4v) is 4.37. The molecule has 1 saturated heterocycles. The molecule has 0 unspecified atom stereocenters. The third kappa shape index (κ3) is 6.05. The maximum atomic E-state index is 12.9. The number of piperazine rings is 1. The van der Waals surface area contributed by atoms with E-state index in [9.17, 15) is 18.0 Å². The van der Waals surface area contributed by atoms with Gasteiger partial charge in [0.05, 0.1) is 0 Å². The van der Waals surface area contributed by atoms with Crippen LogP contribution in [0, 0.1) is 5.41 Å². The van der Waals surface area contributed by atoms with E-state index in [4.69, 9.17) is 0 Å². The molecule has 8 heteroatoms. The third-order valence-corrected chi connectivity index (χ3v) is 6.73. The zero-order valence-corrected chi connectivity index (χ0v) is 19.4. The summed E-state index contributed by atoms with van der Waals surface area (Å²) in [5.41, 5.74) is 1.28.